The lowest BCUT2D eigenvalue weighted by molar-refractivity contribution is 0.0222. The molecule has 6 heteroatoms. The number of amides is 1. The van der Waals surface area contributed by atoms with Gasteiger partial charge in [-0.25, -0.2) is 13.6 Å². The van der Waals surface area contributed by atoms with Crippen LogP contribution < -0.4 is 0 Å². The Kier molecular flexibility index (Phi) is 5.70. The molecule has 4 nitrogen and oxygen atoms in total. The van der Waals surface area contributed by atoms with Crippen LogP contribution in [0.2, 0.25) is 0 Å². The standard InChI is InChI=1S/C19H25F2NO3/c1-6-24-12(2)13-9-10-14(17(21)16(13)20)15-8-7-11-22(15)18(23)25-19(3,4)5/h9-10,15H,2,6-8,11H2,1,3-5H3. The number of hydrogen-bond donors (Lipinski definition) is 0. The molecule has 1 saturated heterocycles. The molecule has 0 N–H and O–H groups in total. The van der Waals surface area contributed by atoms with Crippen LogP contribution in [0.15, 0.2) is 18.7 Å². The van der Waals surface area contributed by atoms with Crippen LogP contribution in [0.4, 0.5) is 13.6 Å². The molecule has 1 amide bonds. The number of carbonyl (C=O) groups excluding carboxylic acids is 1. The maximum atomic E-state index is 14.6. The van der Waals surface area contributed by atoms with Crippen molar-refractivity contribution in [3.05, 3.63) is 41.5 Å². The zero-order chi connectivity index (χ0) is 18.8. The molecule has 1 unspecified atom stereocenters. The zero-order valence-corrected chi connectivity index (χ0v) is 15.2. The average molecular weight is 353 g/mol. The van der Waals surface area contributed by atoms with Crippen LogP contribution in [0, 0.1) is 11.6 Å². The Bertz CT molecular complexity index is 667. The van der Waals surface area contributed by atoms with Crippen molar-refractivity contribution in [2.45, 2.75) is 52.2 Å². The van der Waals surface area contributed by atoms with E-state index in [1.165, 1.54) is 17.0 Å². The molecule has 25 heavy (non-hydrogen) atoms. The Morgan fingerprint density at radius 3 is 2.60 bits per heavy atom. The number of ether oxygens (including phenoxy) is 2. The quantitative estimate of drug-likeness (QED) is 0.712. The molecular weight excluding hydrogens is 328 g/mol. The van der Waals surface area contributed by atoms with Crippen molar-refractivity contribution >= 4 is 11.9 Å². The highest BCUT2D eigenvalue weighted by Crippen LogP contribution is 2.36. The number of likely N-dealkylation sites (tertiary alicyclic amines) is 1. The maximum Gasteiger partial charge on any atom is 0.410 e. The van der Waals surface area contributed by atoms with Crippen LogP contribution in [0.5, 0.6) is 0 Å². The van der Waals surface area contributed by atoms with Crippen LogP contribution in [-0.2, 0) is 9.47 Å². The lowest BCUT2D eigenvalue weighted by Gasteiger charge is -2.29. The largest absolute Gasteiger partial charge is 0.494 e. The van der Waals surface area contributed by atoms with Crippen LogP contribution in [0.1, 0.15) is 57.7 Å². The number of hydrogen-bond acceptors (Lipinski definition) is 3. The van der Waals surface area contributed by atoms with Crippen LogP contribution in [0.3, 0.4) is 0 Å². The van der Waals surface area contributed by atoms with Gasteiger partial charge in [0, 0.05) is 12.1 Å². The van der Waals surface area contributed by atoms with Gasteiger partial charge in [0.1, 0.15) is 11.4 Å². The second-order valence-electron chi connectivity index (χ2n) is 7.02. The van der Waals surface area contributed by atoms with Crippen molar-refractivity contribution in [3.8, 4) is 0 Å². The highest BCUT2D eigenvalue weighted by atomic mass is 19.2. The molecule has 1 aliphatic rings. The summed E-state index contributed by atoms with van der Waals surface area (Å²) in [6.45, 7) is 11.4. The van der Waals surface area contributed by atoms with Gasteiger partial charge in [0.05, 0.1) is 18.2 Å². The fourth-order valence-corrected chi connectivity index (χ4v) is 2.92. The molecule has 1 aromatic rings. The van der Waals surface area contributed by atoms with Gasteiger partial charge in [-0.15, -0.1) is 0 Å². The molecule has 1 aromatic carbocycles. The molecule has 1 atom stereocenters. The third kappa shape index (κ3) is 4.30. The highest BCUT2D eigenvalue weighted by Gasteiger charge is 2.35. The molecule has 0 radical (unpaired) electrons. The molecule has 2 rings (SSSR count). The van der Waals surface area contributed by atoms with E-state index in [1.54, 1.807) is 27.7 Å². The van der Waals surface area contributed by atoms with E-state index >= 15 is 0 Å². The molecule has 138 valence electrons. The van der Waals surface area contributed by atoms with Gasteiger partial charge in [0.15, 0.2) is 11.6 Å². The first-order chi connectivity index (χ1) is 11.7. The smallest absolute Gasteiger partial charge is 0.410 e. The van der Waals surface area contributed by atoms with E-state index in [0.717, 1.165) is 0 Å². The summed E-state index contributed by atoms with van der Waals surface area (Å²) in [6, 6.07) is 2.39. The zero-order valence-electron chi connectivity index (χ0n) is 15.2. The second kappa shape index (κ2) is 7.42. The Morgan fingerprint density at radius 1 is 1.32 bits per heavy atom. The third-order valence-corrected chi connectivity index (χ3v) is 3.97. The number of nitrogens with zero attached hydrogens (tertiary/aromatic N) is 1. The summed E-state index contributed by atoms with van der Waals surface area (Å²) >= 11 is 0. The number of carbonyl (C=O) groups is 1. The van der Waals surface area contributed by atoms with Crippen molar-refractivity contribution in [3.63, 3.8) is 0 Å². The number of benzene rings is 1. The van der Waals surface area contributed by atoms with E-state index < -0.39 is 29.4 Å². The van der Waals surface area contributed by atoms with E-state index in [0.29, 0.717) is 26.0 Å². The minimum Gasteiger partial charge on any atom is -0.494 e. The first kappa shape index (κ1) is 19.2. The van der Waals surface area contributed by atoms with Gasteiger partial charge in [-0.2, -0.15) is 0 Å². The van der Waals surface area contributed by atoms with Crippen LogP contribution in [0.25, 0.3) is 5.76 Å². The highest BCUT2D eigenvalue weighted by molar-refractivity contribution is 5.69. The van der Waals surface area contributed by atoms with Gasteiger partial charge in [-0.05, 0) is 46.6 Å². The molecule has 0 bridgehead atoms. The van der Waals surface area contributed by atoms with E-state index in [-0.39, 0.29) is 16.9 Å². The molecule has 0 aliphatic carbocycles. The van der Waals surface area contributed by atoms with E-state index in [4.69, 9.17) is 9.47 Å². The van der Waals surface area contributed by atoms with Crippen molar-refractivity contribution in [1.82, 2.24) is 4.90 Å². The Balaban J connectivity index is 2.29. The Labute approximate surface area is 147 Å². The van der Waals surface area contributed by atoms with Crippen LogP contribution >= 0.6 is 0 Å². The fourth-order valence-electron chi connectivity index (χ4n) is 2.92. The van der Waals surface area contributed by atoms with Gasteiger partial charge in [-0.1, -0.05) is 12.6 Å². The second-order valence-corrected chi connectivity index (χ2v) is 7.02. The molecule has 1 heterocycles. The number of rotatable bonds is 4. The summed E-state index contributed by atoms with van der Waals surface area (Å²) in [5.41, 5.74) is -0.508. The molecule has 0 spiro atoms. The third-order valence-electron chi connectivity index (χ3n) is 3.97. The first-order valence-electron chi connectivity index (χ1n) is 8.45. The van der Waals surface area contributed by atoms with E-state index in [2.05, 4.69) is 6.58 Å². The molecule has 0 aromatic heterocycles. The first-order valence-corrected chi connectivity index (χ1v) is 8.45. The normalized spacial score (nSPS) is 17.5. The number of halogens is 2. The van der Waals surface area contributed by atoms with Gasteiger partial charge in [-0.3, -0.25) is 0 Å². The van der Waals surface area contributed by atoms with Crippen molar-refractivity contribution in [2.75, 3.05) is 13.2 Å². The van der Waals surface area contributed by atoms with Crippen LogP contribution in [-0.4, -0.2) is 29.7 Å². The van der Waals surface area contributed by atoms with Crippen molar-refractivity contribution in [1.29, 1.82) is 0 Å². The summed E-state index contributed by atoms with van der Waals surface area (Å²) in [6.07, 6.45) is 0.748. The molecular formula is C19H25F2NO3. The van der Waals surface area contributed by atoms with Gasteiger partial charge in [0.25, 0.3) is 0 Å². The predicted molar refractivity (Wildman–Crippen MR) is 91.9 cm³/mol. The van der Waals surface area contributed by atoms with E-state index in [9.17, 15) is 13.6 Å². The topological polar surface area (TPSA) is 38.8 Å². The van der Waals surface area contributed by atoms with Gasteiger partial charge >= 0.3 is 6.09 Å². The molecule has 1 aliphatic heterocycles. The lowest BCUT2D eigenvalue weighted by atomic mass is 10.0. The Hall–Kier alpha value is -2.11. The van der Waals surface area contributed by atoms with Crippen molar-refractivity contribution in [2.24, 2.45) is 0 Å². The summed E-state index contributed by atoms with van der Waals surface area (Å²) in [7, 11) is 0. The summed E-state index contributed by atoms with van der Waals surface area (Å²) in [4.78, 5) is 13.8. The summed E-state index contributed by atoms with van der Waals surface area (Å²) in [5, 5.41) is 0. The predicted octanol–water partition coefficient (Wildman–Crippen LogP) is 5.04. The average Bonchev–Trinajstić information content (AvgIpc) is 2.97. The molecule has 1 fully saturated rings. The molecule has 0 saturated carbocycles. The minimum absolute atomic E-state index is 0.00934. The maximum absolute atomic E-state index is 14.6. The summed E-state index contributed by atoms with van der Waals surface area (Å²) < 4.78 is 39.6. The SMILES string of the molecule is C=C(OCC)c1ccc(C2CCCN2C(=O)OC(C)(C)C)c(F)c1F. The van der Waals surface area contributed by atoms with Crippen molar-refractivity contribution < 1.29 is 23.0 Å². The minimum atomic E-state index is -1.01. The van der Waals surface area contributed by atoms with Gasteiger partial charge in [0.2, 0.25) is 0 Å². The fraction of sp³-hybridized carbons (Fsp3) is 0.526. The van der Waals surface area contributed by atoms with Gasteiger partial charge < -0.3 is 14.4 Å². The monoisotopic (exact) mass is 353 g/mol. The van der Waals surface area contributed by atoms with E-state index in [1.807, 2.05) is 0 Å². The lowest BCUT2D eigenvalue weighted by Crippen LogP contribution is -2.36. The Morgan fingerprint density at radius 2 is 2.00 bits per heavy atom. The summed E-state index contributed by atoms with van der Waals surface area (Å²) in [5.74, 6) is -1.90.